The van der Waals surface area contributed by atoms with Gasteiger partial charge in [-0.25, -0.2) is 59.8 Å². The van der Waals surface area contributed by atoms with E-state index in [1.807, 2.05) is 23.7 Å². The predicted octanol–water partition coefficient (Wildman–Crippen LogP) is 18.0. The van der Waals surface area contributed by atoms with Crippen molar-refractivity contribution in [1.82, 2.24) is 64.4 Å². The van der Waals surface area contributed by atoms with Crippen molar-refractivity contribution in [2.24, 2.45) is 7.05 Å². The number of aryl methyl sites for hydroxylation is 3. The van der Waals surface area contributed by atoms with Gasteiger partial charge in [0.2, 0.25) is 0 Å². The molecular weight excluding hydrogens is 1040 g/mol. The second kappa shape index (κ2) is 28.4. The number of pyridine rings is 1. The van der Waals surface area contributed by atoms with Gasteiger partial charge in [0, 0.05) is 71.1 Å². The van der Waals surface area contributed by atoms with E-state index in [-0.39, 0.29) is 0 Å². The van der Waals surface area contributed by atoms with Gasteiger partial charge in [0.05, 0.1) is 40.3 Å². The van der Waals surface area contributed by atoms with Crippen molar-refractivity contribution in [3.05, 3.63) is 122 Å². The monoisotopic (exact) mass is 1140 g/mol. The van der Waals surface area contributed by atoms with E-state index in [2.05, 4.69) is 228 Å². The summed E-state index contributed by atoms with van der Waals surface area (Å²) in [5.41, 5.74) is 16.3. The van der Waals surface area contributed by atoms with E-state index >= 15 is 0 Å². The summed E-state index contributed by atoms with van der Waals surface area (Å²) in [5.74, 6) is 9.72. The van der Waals surface area contributed by atoms with Gasteiger partial charge < -0.3 is 9.88 Å². The first kappa shape index (κ1) is 65.7. The van der Waals surface area contributed by atoms with E-state index < -0.39 is 0 Å². The predicted molar refractivity (Wildman–Crippen MR) is 349 cm³/mol. The van der Waals surface area contributed by atoms with Crippen LogP contribution in [0.25, 0.3) is 43.3 Å². The topological polar surface area (TPSA) is 172 Å². The number of aromatic nitrogens is 13. The molecule has 9 aromatic rings. The number of thiophene rings is 1. The molecule has 14 nitrogen and oxygen atoms in total. The van der Waals surface area contributed by atoms with E-state index in [1.54, 1.807) is 23.9 Å². The molecule has 0 bridgehead atoms. The van der Waals surface area contributed by atoms with Gasteiger partial charge in [-0.05, 0) is 116 Å². The normalized spacial score (nSPS) is 12.5. The molecule has 0 atom stereocenters. The standard InChI is InChI=1S/C18H26N2.C13H21N3.C13H17N3.C12H18N4.C12H16N2S/c1-9(2)16-15-13(7)11(5)12(6)14(8)17(15)20-18(19-16)10(3)4;2*1-8(2)11-10-6-5-7-14-13(10)16-12(15-11)9(3)4;1-7(2)9-10-12(16(5)6-13-10)15-11(14-9)8(3)4;1-7(2)10-9-5-6-15-12(9)14-11(13-10)8(3)4/h9-10H,1-8H3;8-9H,5-7H2,1-4H3,(H,14,15,16);5-9H,1-4H3;6-8H,1-5H3;5-8H,1-4H3. The number of rotatable bonds is 10. The first-order chi connectivity index (χ1) is 39.0. The zero-order valence-electron chi connectivity index (χ0n) is 55.1. The number of imidazole rings is 1. The van der Waals surface area contributed by atoms with Gasteiger partial charge in [-0.1, -0.05) is 138 Å². The van der Waals surface area contributed by atoms with Crippen molar-refractivity contribution in [2.45, 2.75) is 238 Å². The van der Waals surface area contributed by atoms with Gasteiger partial charge in [0.25, 0.3) is 0 Å². The molecule has 0 spiro atoms. The maximum atomic E-state index is 4.87. The molecule has 446 valence electrons. The third-order valence-electron chi connectivity index (χ3n) is 15.1. The van der Waals surface area contributed by atoms with E-state index in [9.17, 15) is 0 Å². The largest absolute Gasteiger partial charge is 0.370 e. The van der Waals surface area contributed by atoms with E-state index in [1.165, 1.54) is 62.1 Å². The molecule has 9 heterocycles. The molecule has 0 saturated heterocycles. The lowest BCUT2D eigenvalue weighted by Gasteiger charge is -2.22. The van der Waals surface area contributed by atoms with Crippen molar-refractivity contribution in [3.8, 4) is 0 Å². The van der Waals surface area contributed by atoms with Crippen LogP contribution < -0.4 is 5.32 Å². The van der Waals surface area contributed by atoms with Gasteiger partial charge in [-0.3, -0.25) is 0 Å². The fourth-order valence-corrected chi connectivity index (χ4v) is 10.6. The van der Waals surface area contributed by atoms with Gasteiger partial charge in [0.1, 0.15) is 45.3 Å². The number of nitrogens with one attached hydrogen (secondary N) is 1. The molecule has 1 N–H and O–H groups in total. The molecule has 0 radical (unpaired) electrons. The quantitative estimate of drug-likeness (QED) is 0.137. The number of nitrogens with zero attached hydrogens (tertiary/aromatic N) is 13. The van der Waals surface area contributed by atoms with Gasteiger partial charge in [0.15, 0.2) is 11.3 Å². The lowest BCUT2D eigenvalue weighted by Crippen LogP contribution is -2.19. The molecule has 1 aliphatic heterocycles. The minimum absolute atomic E-state index is 0.337. The fraction of sp³-hybridized carbons (Fsp3) is 0.559. The minimum atomic E-state index is 0.337. The Hall–Kier alpha value is -6.48. The molecule has 1 aliphatic rings. The molecule has 0 amide bonds. The Balaban J connectivity index is 0.000000167. The Kier molecular flexibility index (Phi) is 22.5. The van der Waals surface area contributed by atoms with Crippen molar-refractivity contribution in [3.63, 3.8) is 0 Å². The van der Waals surface area contributed by atoms with Crippen LogP contribution in [0.5, 0.6) is 0 Å². The number of hydrogen-bond acceptors (Lipinski definition) is 14. The number of hydrogen-bond donors (Lipinski definition) is 1. The Labute approximate surface area is 501 Å². The van der Waals surface area contributed by atoms with Crippen LogP contribution in [0, 0.1) is 27.7 Å². The Bertz CT molecular complexity index is 3640. The Morgan fingerprint density at radius 1 is 0.446 bits per heavy atom. The van der Waals surface area contributed by atoms with Crippen LogP contribution in [0.15, 0.2) is 36.1 Å². The van der Waals surface area contributed by atoms with Crippen LogP contribution >= 0.6 is 11.3 Å². The maximum absolute atomic E-state index is 4.87. The summed E-state index contributed by atoms with van der Waals surface area (Å²) in [6.07, 6.45) is 5.89. The zero-order valence-corrected chi connectivity index (χ0v) is 55.9. The molecular formula is C68H98N14S. The second-order valence-electron chi connectivity index (χ2n) is 25.5. The van der Waals surface area contributed by atoms with Crippen LogP contribution in [0.1, 0.15) is 289 Å². The minimum Gasteiger partial charge on any atom is -0.370 e. The van der Waals surface area contributed by atoms with Crippen LogP contribution in [0.4, 0.5) is 5.82 Å². The lowest BCUT2D eigenvalue weighted by molar-refractivity contribution is 0.692. The van der Waals surface area contributed by atoms with Gasteiger partial charge in [-0.2, -0.15) is 0 Å². The summed E-state index contributed by atoms with van der Waals surface area (Å²) in [7, 11) is 1.97. The average Bonchev–Trinajstić information content (AvgIpc) is 3.19. The molecule has 83 heavy (non-hydrogen) atoms. The van der Waals surface area contributed by atoms with Crippen LogP contribution in [-0.4, -0.2) is 70.9 Å². The molecule has 0 saturated carbocycles. The summed E-state index contributed by atoms with van der Waals surface area (Å²) in [6.45, 7) is 53.0. The summed E-state index contributed by atoms with van der Waals surface area (Å²) >= 11 is 1.70. The smallest absolute Gasteiger partial charge is 0.163 e. The van der Waals surface area contributed by atoms with Crippen LogP contribution in [0.3, 0.4) is 0 Å². The summed E-state index contributed by atoms with van der Waals surface area (Å²) in [5, 5.41) is 9.06. The Morgan fingerprint density at radius 3 is 1.49 bits per heavy atom. The molecule has 0 aliphatic carbocycles. The summed E-state index contributed by atoms with van der Waals surface area (Å²) in [4.78, 5) is 56.5. The number of benzene rings is 1. The van der Waals surface area contributed by atoms with Crippen molar-refractivity contribution >= 4 is 60.5 Å². The summed E-state index contributed by atoms with van der Waals surface area (Å²) in [6, 6.07) is 6.10. The number of fused-ring (bicyclic) bond motifs is 5. The third-order valence-corrected chi connectivity index (χ3v) is 15.9. The molecule has 10 rings (SSSR count). The fourth-order valence-electron chi connectivity index (χ4n) is 9.86. The molecule has 0 fully saturated rings. The van der Waals surface area contributed by atoms with Crippen molar-refractivity contribution in [1.29, 1.82) is 0 Å². The highest BCUT2D eigenvalue weighted by atomic mass is 32.1. The SMILES string of the molecule is CC(C)c1nc(C(C)C)c2cccnc2n1.CC(C)c1nc(C(C)C)c2ccsc2n1.CC(C)c1nc(C(C)C)c2ncn(C)c2n1.CC(C)c1nc2c(c(C(C)C)n1)CCCN2.Cc1c(C)c(C)c2c(C(C)C)nc(C(C)C)nc2c1C. The third kappa shape index (κ3) is 15.5. The van der Waals surface area contributed by atoms with E-state index in [0.29, 0.717) is 59.2 Å². The number of anilines is 1. The van der Waals surface area contributed by atoms with Crippen LogP contribution in [-0.2, 0) is 13.5 Å². The van der Waals surface area contributed by atoms with Gasteiger partial charge >= 0.3 is 0 Å². The molecule has 0 unspecified atom stereocenters. The van der Waals surface area contributed by atoms with Crippen molar-refractivity contribution < 1.29 is 0 Å². The van der Waals surface area contributed by atoms with E-state index in [4.69, 9.17) is 15.0 Å². The first-order valence-electron chi connectivity index (χ1n) is 30.5. The highest BCUT2D eigenvalue weighted by molar-refractivity contribution is 7.16. The van der Waals surface area contributed by atoms with Crippen molar-refractivity contribution in [2.75, 3.05) is 11.9 Å². The first-order valence-corrected chi connectivity index (χ1v) is 31.4. The highest BCUT2D eigenvalue weighted by Crippen LogP contribution is 2.35. The second-order valence-corrected chi connectivity index (χ2v) is 26.4. The molecule has 15 heteroatoms. The molecule has 8 aromatic heterocycles. The molecule has 1 aromatic carbocycles. The van der Waals surface area contributed by atoms with E-state index in [0.717, 1.165) is 91.8 Å². The zero-order chi connectivity index (χ0) is 61.5. The highest BCUT2D eigenvalue weighted by Gasteiger charge is 2.22. The van der Waals surface area contributed by atoms with Gasteiger partial charge in [-0.15, -0.1) is 11.3 Å². The average molecular weight is 1140 g/mol. The van der Waals surface area contributed by atoms with Crippen LogP contribution in [0.2, 0.25) is 0 Å². The summed E-state index contributed by atoms with van der Waals surface area (Å²) < 4.78 is 1.95. The lowest BCUT2D eigenvalue weighted by atomic mass is 9.91. The Morgan fingerprint density at radius 2 is 0.928 bits per heavy atom. The maximum Gasteiger partial charge on any atom is 0.163 e.